The highest BCUT2D eigenvalue weighted by molar-refractivity contribution is 5.99. The fraction of sp³-hybridized carbons (Fsp3) is 0.326. The molecule has 4 aromatic rings. The summed E-state index contributed by atoms with van der Waals surface area (Å²) in [4.78, 5) is 21.6. The topological polar surface area (TPSA) is 104 Å². The normalized spacial score (nSPS) is 10.3. The lowest BCUT2D eigenvalue weighted by atomic mass is 10.0. The first-order valence-corrected chi connectivity index (χ1v) is 17.4. The van der Waals surface area contributed by atoms with Gasteiger partial charge in [-0.2, -0.15) is 0 Å². The molecule has 270 valence electrons. The number of unbranched alkanes of at least 4 members (excludes halogenated alkanes) is 4. The van der Waals surface area contributed by atoms with Crippen LogP contribution in [0, 0.1) is 5.41 Å². The van der Waals surface area contributed by atoms with E-state index in [0.717, 1.165) is 90.9 Å². The highest BCUT2D eigenvalue weighted by atomic mass is 16.5. The van der Waals surface area contributed by atoms with E-state index in [9.17, 15) is 9.59 Å². The number of aldehydes is 1. The van der Waals surface area contributed by atoms with Crippen molar-refractivity contribution in [3.8, 4) is 34.1 Å². The molecular formula is C43H51NO7. The Bertz CT molecular complexity index is 1660. The number of carbonyl (C=O) groups excluding carboxylic acids is 2. The van der Waals surface area contributed by atoms with Gasteiger partial charge >= 0.3 is 5.97 Å². The first-order valence-electron chi connectivity index (χ1n) is 17.4. The van der Waals surface area contributed by atoms with E-state index in [1.807, 2.05) is 30.3 Å². The lowest BCUT2D eigenvalue weighted by Gasteiger charge is -2.12. The molecule has 0 heterocycles. The van der Waals surface area contributed by atoms with Crippen LogP contribution in [0.3, 0.4) is 0 Å². The fourth-order valence-electron chi connectivity index (χ4n) is 4.79. The SMILES string of the molecule is C=C(C)C(=O)OCCCCCCOc1ccc(C=O)cc1.CCCCOc1ccc(-c2ccc(COc3ccc(OC)c(C(C)=N)c3)cc2)cc1. The van der Waals surface area contributed by atoms with Crippen molar-refractivity contribution in [3.63, 3.8) is 0 Å². The molecule has 0 aliphatic heterocycles. The van der Waals surface area contributed by atoms with Crippen LogP contribution in [0.2, 0.25) is 0 Å². The number of hydrogen-bond acceptors (Lipinski definition) is 8. The molecule has 0 bridgehead atoms. The third-order valence-corrected chi connectivity index (χ3v) is 7.79. The van der Waals surface area contributed by atoms with Crippen molar-refractivity contribution >= 4 is 18.0 Å². The molecule has 0 saturated carbocycles. The van der Waals surface area contributed by atoms with E-state index in [4.69, 9.17) is 29.1 Å². The number of ether oxygens (including phenoxy) is 5. The minimum atomic E-state index is -0.322. The molecular weight excluding hydrogens is 642 g/mol. The zero-order valence-electron chi connectivity index (χ0n) is 30.4. The summed E-state index contributed by atoms with van der Waals surface area (Å²) in [5.41, 5.74) is 5.67. The van der Waals surface area contributed by atoms with Crippen molar-refractivity contribution in [1.29, 1.82) is 5.41 Å². The zero-order chi connectivity index (χ0) is 36.8. The number of carbonyl (C=O) groups is 2. The van der Waals surface area contributed by atoms with Gasteiger partial charge in [-0.25, -0.2) is 4.79 Å². The molecule has 0 atom stereocenters. The zero-order valence-corrected chi connectivity index (χ0v) is 30.4. The number of nitrogens with one attached hydrogen (secondary N) is 1. The van der Waals surface area contributed by atoms with Crippen LogP contribution in [0.4, 0.5) is 0 Å². The van der Waals surface area contributed by atoms with Crippen molar-refractivity contribution in [2.24, 2.45) is 0 Å². The molecule has 0 fully saturated rings. The van der Waals surface area contributed by atoms with Gasteiger partial charge in [-0.15, -0.1) is 0 Å². The highest BCUT2D eigenvalue weighted by Gasteiger charge is 2.08. The van der Waals surface area contributed by atoms with Gasteiger partial charge in [0, 0.05) is 22.4 Å². The van der Waals surface area contributed by atoms with Crippen molar-refractivity contribution in [2.45, 2.75) is 65.9 Å². The lowest BCUT2D eigenvalue weighted by molar-refractivity contribution is -0.139. The lowest BCUT2D eigenvalue weighted by Crippen LogP contribution is -2.06. The number of rotatable bonds is 20. The molecule has 0 saturated heterocycles. The fourth-order valence-corrected chi connectivity index (χ4v) is 4.79. The monoisotopic (exact) mass is 693 g/mol. The van der Waals surface area contributed by atoms with Crippen molar-refractivity contribution in [2.75, 3.05) is 26.9 Å². The van der Waals surface area contributed by atoms with Crippen LogP contribution in [-0.2, 0) is 16.1 Å². The molecule has 0 unspecified atom stereocenters. The second-order valence-electron chi connectivity index (χ2n) is 12.1. The third-order valence-electron chi connectivity index (χ3n) is 7.79. The van der Waals surface area contributed by atoms with Crippen LogP contribution in [0.25, 0.3) is 11.1 Å². The summed E-state index contributed by atoms with van der Waals surface area (Å²) in [5.74, 6) is 2.77. The van der Waals surface area contributed by atoms with Gasteiger partial charge in [0.05, 0.1) is 26.9 Å². The molecule has 51 heavy (non-hydrogen) atoms. The van der Waals surface area contributed by atoms with E-state index in [2.05, 4.69) is 49.9 Å². The minimum Gasteiger partial charge on any atom is -0.496 e. The summed E-state index contributed by atoms with van der Waals surface area (Å²) < 4.78 is 27.5. The van der Waals surface area contributed by atoms with E-state index in [1.165, 1.54) is 0 Å². The largest absolute Gasteiger partial charge is 0.496 e. The molecule has 8 heteroatoms. The Morgan fingerprint density at radius 3 is 1.80 bits per heavy atom. The summed E-state index contributed by atoms with van der Waals surface area (Å²) >= 11 is 0. The van der Waals surface area contributed by atoms with E-state index in [0.29, 0.717) is 42.4 Å². The summed E-state index contributed by atoms with van der Waals surface area (Å²) in [6.07, 6.45) is 6.84. The standard InChI is InChI=1S/C26H29NO3.C17H22O4/c1-4-5-16-29-23-12-10-22(11-13-23)21-8-6-20(7-9-21)18-30-24-14-15-26(28-3)25(17-24)19(2)27;1-14(2)17(19)21-12-6-4-3-5-11-20-16-9-7-15(13-18)8-10-16/h6-15,17,27H,4-5,16,18H2,1-3H3;7-10,13H,1,3-6,11-12H2,2H3. The summed E-state index contributed by atoms with van der Waals surface area (Å²) in [6, 6.07) is 29.2. The molecule has 4 rings (SSSR count). The number of esters is 1. The molecule has 0 aliphatic carbocycles. The molecule has 0 spiro atoms. The molecule has 0 amide bonds. The predicted molar refractivity (Wildman–Crippen MR) is 204 cm³/mol. The maximum Gasteiger partial charge on any atom is 0.333 e. The third kappa shape index (κ3) is 14.6. The quantitative estimate of drug-likeness (QED) is 0.0323. The summed E-state index contributed by atoms with van der Waals surface area (Å²) in [7, 11) is 1.61. The van der Waals surface area contributed by atoms with Crippen LogP contribution in [0.1, 0.15) is 80.8 Å². The van der Waals surface area contributed by atoms with Crippen LogP contribution < -0.4 is 18.9 Å². The Morgan fingerprint density at radius 2 is 1.25 bits per heavy atom. The number of methoxy groups -OCH3 is 1. The van der Waals surface area contributed by atoms with Crippen LogP contribution in [-0.4, -0.2) is 44.9 Å². The predicted octanol–water partition coefficient (Wildman–Crippen LogP) is 10.1. The maximum absolute atomic E-state index is 11.1. The van der Waals surface area contributed by atoms with Gasteiger partial charge in [0.15, 0.2) is 0 Å². The number of hydrogen-bond donors (Lipinski definition) is 1. The van der Waals surface area contributed by atoms with Gasteiger partial charge in [0.1, 0.15) is 35.9 Å². The molecule has 0 radical (unpaired) electrons. The average molecular weight is 694 g/mol. The smallest absolute Gasteiger partial charge is 0.333 e. The van der Waals surface area contributed by atoms with Gasteiger partial charge in [-0.05, 0) is 117 Å². The van der Waals surface area contributed by atoms with Crippen LogP contribution in [0.15, 0.2) is 103 Å². The van der Waals surface area contributed by atoms with Crippen molar-refractivity contribution in [3.05, 3.63) is 120 Å². The molecule has 8 nitrogen and oxygen atoms in total. The van der Waals surface area contributed by atoms with E-state index in [1.54, 1.807) is 45.2 Å². The molecule has 4 aromatic carbocycles. The first-order chi connectivity index (χ1) is 24.7. The van der Waals surface area contributed by atoms with E-state index >= 15 is 0 Å². The first kappa shape index (κ1) is 40.1. The number of benzene rings is 4. The van der Waals surface area contributed by atoms with E-state index in [-0.39, 0.29) is 5.97 Å². The maximum atomic E-state index is 11.1. The molecule has 0 aromatic heterocycles. The van der Waals surface area contributed by atoms with Gasteiger partial charge in [-0.1, -0.05) is 56.3 Å². The van der Waals surface area contributed by atoms with Crippen LogP contribution in [0.5, 0.6) is 23.0 Å². The van der Waals surface area contributed by atoms with Gasteiger partial charge in [-0.3, -0.25) is 4.79 Å². The van der Waals surface area contributed by atoms with Crippen molar-refractivity contribution < 1.29 is 33.3 Å². The minimum absolute atomic E-state index is 0.322. The van der Waals surface area contributed by atoms with Crippen molar-refractivity contribution in [1.82, 2.24) is 0 Å². The average Bonchev–Trinajstić information content (AvgIpc) is 3.16. The van der Waals surface area contributed by atoms with Gasteiger partial charge < -0.3 is 29.1 Å². The Hall–Kier alpha value is -5.37. The van der Waals surface area contributed by atoms with E-state index < -0.39 is 0 Å². The second kappa shape index (κ2) is 22.4. The second-order valence-corrected chi connectivity index (χ2v) is 12.1. The Morgan fingerprint density at radius 1 is 0.706 bits per heavy atom. The van der Waals surface area contributed by atoms with Gasteiger partial charge in [0.2, 0.25) is 0 Å². The highest BCUT2D eigenvalue weighted by Crippen LogP contribution is 2.26. The van der Waals surface area contributed by atoms with Gasteiger partial charge in [0.25, 0.3) is 0 Å². The summed E-state index contributed by atoms with van der Waals surface area (Å²) in [5, 5.41) is 7.89. The van der Waals surface area contributed by atoms with Crippen LogP contribution >= 0.6 is 0 Å². The molecule has 1 N–H and O–H groups in total. The Labute approximate surface area is 302 Å². The Kier molecular flexibility index (Phi) is 17.6. The molecule has 0 aliphatic rings. The summed E-state index contributed by atoms with van der Waals surface area (Å²) in [6.45, 7) is 11.4. The Balaban J connectivity index is 0.000000295.